The van der Waals surface area contributed by atoms with Gasteiger partial charge in [0.1, 0.15) is 0 Å². The molecule has 1 aromatic heterocycles. The molecule has 1 rings (SSSR count). The highest BCUT2D eigenvalue weighted by molar-refractivity contribution is 7.20. The van der Waals surface area contributed by atoms with Gasteiger partial charge in [-0.05, 0) is 38.4 Å². The first-order valence-electron chi connectivity index (χ1n) is 4.94. The molecule has 1 unspecified atom stereocenters. The molecule has 0 spiro atoms. The van der Waals surface area contributed by atoms with Crippen molar-refractivity contribution >= 4 is 34.5 Å². The normalized spacial score (nSPS) is 13.6. The standard InChI is InChI=1S/C11H15Cl2NS/c1-3-4-5-6-14-8(2)9-7-10(12)15-11(9)13/h3-4,7-8,14H,5-6H2,1-2H3/b4-3+. The van der Waals surface area contributed by atoms with E-state index in [-0.39, 0.29) is 6.04 Å². The van der Waals surface area contributed by atoms with Gasteiger partial charge < -0.3 is 5.32 Å². The molecule has 0 aliphatic carbocycles. The Kier molecular flexibility index (Phi) is 5.69. The number of thiophene rings is 1. The topological polar surface area (TPSA) is 12.0 Å². The van der Waals surface area contributed by atoms with Crippen molar-refractivity contribution in [3.05, 3.63) is 32.5 Å². The summed E-state index contributed by atoms with van der Waals surface area (Å²) >= 11 is 13.4. The molecule has 0 aliphatic heterocycles. The Morgan fingerprint density at radius 2 is 2.27 bits per heavy atom. The smallest absolute Gasteiger partial charge is 0.0991 e. The zero-order valence-corrected chi connectivity index (χ0v) is 11.2. The summed E-state index contributed by atoms with van der Waals surface area (Å²) in [6, 6.07) is 2.19. The van der Waals surface area contributed by atoms with Crippen LogP contribution in [-0.2, 0) is 0 Å². The van der Waals surface area contributed by atoms with E-state index in [4.69, 9.17) is 23.2 Å². The fourth-order valence-corrected chi connectivity index (χ4v) is 2.95. The molecule has 0 bridgehead atoms. The van der Waals surface area contributed by atoms with Crippen LogP contribution in [-0.4, -0.2) is 6.54 Å². The van der Waals surface area contributed by atoms with Gasteiger partial charge in [0.2, 0.25) is 0 Å². The van der Waals surface area contributed by atoms with Crippen molar-refractivity contribution in [1.82, 2.24) is 5.32 Å². The second kappa shape index (κ2) is 6.54. The molecule has 1 heterocycles. The van der Waals surface area contributed by atoms with Crippen molar-refractivity contribution in [3.8, 4) is 0 Å². The van der Waals surface area contributed by atoms with E-state index in [2.05, 4.69) is 24.4 Å². The first kappa shape index (κ1) is 13.0. The van der Waals surface area contributed by atoms with Crippen LogP contribution < -0.4 is 5.32 Å². The van der Waals surface area contributed by atoms with Gasteiger partial charge in [0.05, 0.1) is 8.67 Å². The number of rotatable bonds is 5. The van der Waals surface area contributed by atoms with Gasteiger partial charge >= 0.3 is 0 Å². The lowest BCUT2D eigenvalue weighted by Gasteiger charge is -2.11. The van der Waals surface area contributed by atoms with E-state index < -0.39 is 0 Å². The molecule has 1 nitrogen and oxygen atoms in total. The molecule has 0 saturated carbocycles. The minimum Gasteiger partial charge on any atom is -0.310 e. The number of nitrogens with one attached hydrogen (secondary N) is 1. The summed E-state index contributed by atoms with van der Waals surface area (Å²) in [5.74, 6) is 0. The maximum Gasteiger partial charge on any atom is 0.0991 e. The summed E-state index contributed by atoms with van der Waals surface area (Å²) < 4.78 is 1.53. The van der Waals surface area contributed by atoms with Crippen LogP contribution in [0.25, 0.3) is 0 Å². The maximum absolute atomic E-state index is 6.06. The summed E-state index contributed by atoms with van der Waals surface area (Å²) in [4.78, 5) is 0. The quantitative estimate of drug-likeness (QED) is 0.601. The Labute approximate surface area is 105 Å². The molecule has 1 aromatic rings. The van der Waals surface area contributed by atoms with E-state index in [9.17, 15) is 0 Å². The van der Waals surface area contributed by atoms with Crippen LogP contribution in [0.15, 0.2) is 18.2 Å². The summed E-state index contributed by atoms with van der Waals surface area (Å²) in [6.07, 6.45) is 5.24. The molecule has 0 radical (unpaired) electrons. The van der Waals surface area contributed by atoms with E-state index in [1.165, 1.54) is 11.3 Å². The van der Waals surface area contributed by atoms with Crippen molar-refractivity contribution in [1.29, 1.82) is 0 Å². The van der Waals surface area contributed by atoms with Crippen LogP contribution in [0.2, 0.25) is 8.67 Å². The monoisotopic (exact) mass is 263 g/mol. The summed E-state index contributed by atoms with van der Waals surface area (Å²) in [5.41, 5.74) is 1.09. The average molecular weight is 264 g/mol. The van der Waals surface area contributed by atoms with Crippen molar-refractivity contribution in [2.45, 2.75) is 26.3 Å². The fraction of sp³-hybridized carbons (Fsp3) is 0.455. The largest absolute Gasteiger partial charge is 0.310 e. The second-order valence-electron chi connectivity index (χ2n) is 3.31. The first-order chi connectivity index (χ1) is 7.15. The van der Waals surface area contributed by atoms with E-state index in [0.29, 0.717) is 0 Å². The zero-order chi connectivity index (χ0) is 11.3. The van der Waals surface area contributed by atoms with E-state index in [1.807, 2.05) is 13.0 Å². The lowest BCUT2D eigenvalue weighted by molar-refractivity contribution is 0.582. The molecular weight excluding hydrogens is 249 g/mol. The highest BCUT2D eigenvalue weighted by Crippen LogP contribution is 2.34. The molecular formula is C11H15Cl2NS. The SMILES string of the molecule is C/C=C/CCNC(C)c1cc(Cl)sc1Cl. The number of allylic oxidation sites excluding steroid dienone is 1. The van der Waals surface area contributed by atoms with Crippen molar-refractivity contribution in [3.63, 3.8) is 0 Å². The molecule has 4 heteroatoms. The zero-order valence-electron chi connectivity index (χ0n) is 8.89. The third-order valence-corrected chi connectivity index (χ3v) is 3.66. The van der Waals surface area contributed by atoms with E-state index in [0.717, 1.165) is 27.2 Å². The Bertz CT molecular complexity index is 333. The lowest BCUT2D eigenvalue weighted by atomic mass is 10.2. The Hall–Kier alpha value is -0.0200. The van der Waals surface area contributed by atoms with Gasteiger partial charge in [0.25, 0.3) is 0 Å². The van der Waals surface area contributed by atoms with E-state index in [1.54, 1.807) is 0 Å². The number of hydrogen-bond donors (Lipinski definition) is 1. The van der Waals surface area contributed by atoms with Crippen LogP contribution >= 0.6 is 34.5 Å². The third kappa shape index (κ3) is 4.15. The molecule has 1 atom stereocenters. The Morgan fingerprint density at radius 1 is 1.53 bits per heavy atom. The average Bonchev–Trinajstić information content (AvgIpc) is 2.52. The van der Waals surface area contributed by atoms with Crippen molar-refractivity contribution in [2.24, 2.45) is 0 Å². The minimum absolute atomic E-state index is 0.256. The van der Waals surface area contributed by atoms with Crippen LogP contribution in [0.1, 0.15) is 31.9 Å². The Balaban J connectivity index is 2.46. The predicted octanol–water partition coefficient (Wildman–Crippen LogP) is 4.67. The molecule has 0 saturated heterocycles. The van der Waals surface area contributed by atoms with Gasteiger partial charge in [-0.2, -0.15) is 0 Å². The van der Waals surface area contributed by atoms with Crippen LogP contribution in [0.4, 0.5) is 0 Å². The van der Waals surface area contributed by atoms with Gasteiger partial charge in [-0.1, -0.05) is 35.4 Å². The van der Waals surface area contributed by atoms with Gasteiger partial charge in [-0.15, -0.1) is 11.3 Å². The van der Waals surface area contributed by atoms with Gasteiger partial charge in [0, 0.05) is 6.04 Å². The summed E-state index contributed by atoms with van der Waals surface area (Å²) in [6.45, 7) is 5.08. The molecule has 84 valence electrons. The molecule has 15 heavy (non-hydrogen) atoms. The molecule has 0 fully saturated rings. The van der Waals surface area contributed by atoms with Crippen molar-refractivity contribution in [2.75, 3.05) is 6.54 Å². The van der Waals surface area contributed by atoms with Crippen LogP contribution in [0, 0.1) is 0 Å². The van der Waals surface area contributed by atoms with E-state index >= 15 is 0 Å². The third-order valence-electron chi connectivity index (χ3n) is 2.15. The van der Waals surface area contributed by atoms with Gasteiger partial charge in [0.15, 0.2) is 0 Å². The lowest BCUT2D eigenvalue weighted by Crippen LogP contribution is -2.19. The predicted molar refractivity (Wildman–Crippen MR) is 70.2 cm³/mol. The molecule has 0 aromatic carbocycles. The van der Waals surface area contributed by atoms with Gasteiger partial charge in [-0.25, -0.2) is 0 Å². The summed E-state index contributed by atoms with van der Waals surface area (Å²) in [7, 11) is 0. The molecule has 1 N–H and O–H groups in total. The number of halogens is 2. The molecule has 0 amide bonds. The minimum atomic E-state index is 0.256. The van der Waals surface area contributed by atoms with Crippen LogP contribution in [0.5, 0.6) is 0 Å². The first-order valence-corrected chi connectivity index (χ1v) is 6.51. The Morgan fingerprint density at radius 3 is 2.80 bits per heavy atom. The molecule has 0 aliphatic rings. The highest BCUT2D eigenvalue weighted by atomic mass is 35.5. The summed E-state index contributed by atoms with van der Waals surface area (Å²) in [5, 5.41) is 3.40. The second-order valence-corrected chi connectivity index (χ2v) is 5.60. The highest BCUT2D eigenvalue weighted by Gasteiger charge is 2.11. The maximum atomic E-state index is 6.06. The van der Waals surface area contributed by atoms with Gasteiger partial charge in [-0.3, -0.25) is 0 Å². The van der Waals surface area contributed by atoms with Crippen molar-refractivity contribution < 1.29 is 0 Å². The van der Waals surface area contributed by atoms with Crippen LogP contribution in [0.3, 0.4) is 0 Å². The fourth-order valence-electron chi connectivity index (χ4n) is 1.31. The number of hydrogen-bond acceptors (Lipinski definition) is 2.